The van der Waals surface area contributed by atoms with Crippen LogP contribution in [0.1, 0.15) is 30.9 Å². The van der Waals surface area contributed by atoms with Gasteiger partial charge in [-0.25, -0.2) is 5.01 Å². The van der Waals surface area contributed by atoms with Crippen molar-refractivity contribution in [2.45, 2.75) is 43.7 Å². The SMILES string of the molecule is CC(Br)/C=N\N1CNC(C2CCCN(Cc3ccc4ccccc4c3)C2)C=C1NCc1cccnc1. The van der Waals surface area contributed by atoms with Crippen molar-refractivity contribution in [2.75, 3.05) is 19.8 Å². The minimum absolute atomic E-state index is 0.219. The van der Waals surface area contributed by atoms with Gasteiger partial charge in [0.1, 0.15) is 5.82 Å². The summed E-state index contributed by atoms with van der Waals surface area (Å²) in [5.41, 5.74) is 2.55. The van der Waals surface area contributed by atoms with Crippen molar-refractivity contribution in [2.24, 2.45) is 11.0 Å². The average Bonchev–Trinajstić information content (AvgIpc) is 2.91. The minimum Gasteiger partial charge on any atom is -0.366 e. The van der Waals surface area contributed by atoms with E-state index in [0.29, 0.717) is 18.6 Å². The second kappa shape index (κ2) is 12.0. The molecule has 36 heavy (non-hydrogen) atoms. The maximum atomic E-state index is 4.69. The van der Waals surface area contributed by atoms with Crippen LogP contribution in [-0.2, 0) is 13.1 Å². The number of hydrogen-bond acceptors (Lipinski definition) is 6. The standard InChI is InChI=1S/C29H35BrN6/c1-22(30)16-34-36-21-33-28(15-29(36)32-18-24-6-4-12-31-17-24)27-9-5-13-35(20-27)19-23-10-11-25-7-2-3-8-26(25)14-23/h2-4,6-8,10-12,14-17,22,27-28,32-33H,5,9,13,18-21H2,1H3/b34-16-. The smallest absolute Gasteiger partial charge is 0.121 e. The van der Waals surface area contributed by atoms with E-state index in [1.54, 1.807) is 0 Å². The van der Waals surface area contributed by atoms with Gasteiger partial charge in [0.25, 0.3) is 0 Å². The number of nitrogens with one attached hydrogen (secondary N) is 2. The highest BCUT2D eigenvalue weighted by Gasteiger charge is 2.30. The molecular formula is C29H35BrN6. The van der Waals surface area contributed by atoms with Crippen molar-refractivity contribution in [3.05, 3.63) is 90.0 Å². The van der Waals surface area contributed by atoms with Crippen LogP contribution in [0.2, 0.25) is 0 Å². The van der Waals surface area contributed by atoms with E-state index in [9.17, 15) is 0 Å². The van der Waals surface area contributed by atoms with E-state index in [1.807, 2.05) is 29.7 Å². The summed E-state index contributed by atoms with van der Waals surface area (Å²) in [6.07, 6.45) is 10.4. The molecule has 6 nitrogen and oxygen atoms in total. The highest BCUT2D eigenvalue weighted by atomic mass is 79.9. The number of hydrogen-bond donors (Lipinski definition) is 2. The fourth-order valence-corrected chi connectivity index (χ4v) is 5.24. The molecule has 7 heteroatoms. The van der Waals surface area contributed by atoms with Gasteiger partial charge in [0, 0.05) is 49.1 Å². The maximum Gasteiger partial charge on any atom is 0.121 e. The molecule has 0 bridgehead atoms. The quantitative estimate of drug-likeness (QED) is 0.305. The van der Waals surface area contributed by atoms with Crippen molar-refractivity contribution in [1.29, 1.82) is 0 Å². The highest BCUT2D eigenvalue weighted by Crippen LogP contribution is 2.26. The Labute approximate surface area is 222 Å². The number of benzene rings is 2. The van der Waals surface area contributed by atoms with Crippen LogP contribution in [0.4, 0.5) is 0 Å². The van der Waals surface area contributed by atoms with E-state index in [2.05, 4.69) is 98.0 Å². The summed E-state index contributed by atoms with van der Waals surface area (Å²) in [5, 5.41) is 16.7. The van der Waals surface area contributed by atoms with Gasteiger partial charge >= 0.3 is 0 Å². The molecule has 2 aliphatic rings. The van der Waals surface area contributed by atoms with Crippen LogP contribution in [0, 0.1) is 5.92 Å². The van der Waals surface area contributed by atoms with E-state index >= 15 is 0 Å². The monoisotopic (exact) mass is 546 g/mol. The number of aromatic nitrogens is 1. The summed E-state index contributed by atoms with van der Waals surface area (Å²) in [6.45, 7) is 6.74. The van der Waals surface area contributed by atoms with Crippen molar-refractivity contribution >= 4 is 32.9 Å². The predicted octanol–water partition coefficient (Wildman–Crippen LogP) is 5.08. The second-order valence-corrected chi connectivity index (χ2v) is 11.3. The lowest BCUT2D eigenvalue weighted by atomic mass is 9.89. The molecule has 1 fully saturated rings. The lowest BCUT2D eigenvalue weighted by Gasteiger charge is -2.40. The number of likely N-dealkylation sites (tertiary alicyclic amines) is 1. The Morgan fingerprint density at radius 2 is 2.06 bits per heavy atom. The molecule has 1 saturated heterocycles. The van der Waals surface area contributed by atoms with Gasteiger partial charge in [-0.2, -0.15) is 5.10 Å². The van der Waals surface area contributed by atoms with Crippen LogP contribution in [0.15, 0.2) is 84.0 Å². The Hall–Kier alpha value is -2.74. The van der Waals surface area contributed by atoms with Crippen LogP contribution < -0.4 is 10.6 Å². The Bertz CT molecular complexity index is 1190. The number of fused-ring (bicyclic) bond motifs is 1. The Morgan fingerprint density at radius 1 is 1.17 bits per heavy atom. The van der Waals surface area contributed by atoms with Crippen LogP contribution in [-0.4, -0.2) is 51.7 Å². The second-order valence-electron chi connectivity index (χ2n) is 9.82. The molecule has 1 aromatic heterocycles. The molecule has 0 aliphatic carbocycles. The molecule has 188 valence electrons. The Morgan fingerprint density at radius 3 is 2.89 bits per heavy atom. The third-order valence-electron chi connectivity index (χ3n) is 6.97. The zero-order valence-corrected chi connectivity index (χ0v) is 22.4. The first kappa shape index (κ1) is 24.9. The van der Waals surface area contributed by atoms with E-state index in [1.165, 1.54) is 29.2 Å². The molecule has 0 radical (unpaired) electrons. The summed E-state index contributed by atoms with van der Waals surface area (Å²) in [5.74, 6) is 1.62. The highest BCUT2D eigenvalue weighted by molar-refractivity contribution is 9.09. The van der Waals surface area contributed by atoms with Gasteiger partial charge in [-0.15, -0.1) is 0 Å². The van der Waals surface area contributed by atoms with Gasteiger partial charge in [-0.3, -0.25) is 15.2 Å². The molecule has 3 aromatic rings. The van der Waals surface area contributed by atoms with Crippen LogP contribution in [0.25, 0.3) is 10.8 Å². The molecule has 0 saturated carbocycles. The van der Waals surface area contributed by atoms with E-state index in [4.69, 9.17) is 5.10 Å². The number of hydrazone groups is 1. The van der Waals surface area contributed by atoms with Crippen molar-refractivity contribution < 1.29 is 0 Å². The summed E-state index contributed by atoms with van der Waals surface area (Å²) < 4.78 is 0. The molecule has 3 heterocycles. The largest absolute Gasteiger partial charge is 0.366 e. The van der Waals surface area contributed by atoms with Gasteiger partial charge in [0.2, 0.25) is 0 Å². The number of pyridine rings is 1. The first-order valence-electron chi connectivity index (χ1n) is 12.9. The van der Waals surface area contributed by atoms with Crippen LogP contribution in [0.3, 0.4) is 0 Å². The first-order chi connectivity index (χ1) is 17.6. The third kappa shape index (κ3) is 6.52. The van der Waals surface area contributed by atoms with E-state index < -0.39 is 0 Å². The van der Waals surface area contributed by atoms with Gasteiger partial charge in [0.05, 0.1) is 6.67 Å². The van der Waals surface area contributed by atoms with Crippen molar-refractivity contribution in [1.82, 2.24) is 25.5 Å². The Kier molecular flexibility index (Phi) is 8.31. The number of halogens is 1. The van der Waals surface area contributed by atoms with Crippen molar-refractivity contribution in [3.8, 4) is 0 Å². The Balaban J connectivity index is 1.27. The molecule has 2 aliphatic heterocycles. The normalized spacial score (nSPS) is 22.1. The number of alkyl halides is 1. The zero-order chi connectivity index (χ0) is 24.7. The topological polar surface area (TPSA) is 55.8 Å². The molecule has 2 N–H and O–H groups in total. The molecule has 0 spiro atoms. The average molecular weight is 548 g/mol. The fourth-order valence-electron chi connectivity index (χ4n) is 5.14. The predicted molar refractivity (Wildman–Crippen MR) is 152 cm³/mol. The molecule has 2 aromatic carbocycles. The van der Waals surface area contributed by atoms with Crippen LogP contribution >= 0.6 is 15.9 Å². The fraction of sp³-hybridized carbons (Fsp3) is 0.379. The minimum atomic E-state index is 0.219. The van der Waals surface area contributed by atoms with E-state index in [-0.39, 0.29) is 4.83 Å². The number of nitrogens with zero attached hydrogens (tertiary/aromatic N) is 4. The molecule has 3 unspecified atom stereocenters. The van der Waals surface area contributed by atoms with Crippen LogP contribution in [0.5, 0.6) is 0 Å². The number of piperidine rings is 1. The van der Waals surface area contributed by atoms with Crippen molar-refractivity contribution in [3.63, 3.8) is 0 Å². The maximum absolute atomic E-state index is 4.69. The zero-order valence-electron chi connectivity index (χ0n) is 20.9. The summed E-state index contributed by atoms with van der Waals surface area (Å²) in [6, 6.07) is 19.9. The molecular weight excluding hydrogens is 512 g/mol. The molecule has 3 atom stereocenters. The van der Waals surface area contributed by atoms with Gasteiger partial charge in [0.15, 0.2) is 0 Å². The lowest BCUT2D eigenvalue weighted by Crippen LogP contribution is -2.51. The van der Waals surface area contributed by atoms with E-state index in [0.717, 1.165) is 37.6 Å². The number of rotatable bonds is 8. The molecule has 5 rings (SSSR count). The third-order valence-corrected chi connectivity index (χ3v) is 7.21. The lowest BCUT2D eigenvalue weighted by molar-refractivity contribution is 0.137. The van der Waals surface area contributed by atoms with Gasteiger partial charge in [-0.05, 0) is 72.3 Å². The molecule has 0 amide bonds. The first-order valence-corrected chi connectivity index (χ1v) is 13.8. The summed E-state index contributed by atoms with van der Waals surface area (Å²) in [4.78, 5) is 7.09. The summed E-state index contributed by atoms with van der Waals surface area (Å²) >= 11 is 3.57. The summed E-state index contributed by atoms with van der Waals surface area (Å²) in [7, 11) is 0. The van der Waals surface area contributed by atoms with Gasteiger partial charge in [-0.1, -0.05) is 58.4 Å². The van der Waals surface area contributed by atoms with Gasteiger partial charge < -0.3 is 5.32 Å².